The van der Waals surface area contributed by atoms with Crippen molar-refractivity contribution in [2.24, 2.45) is 0 Å². The lowest BCUT2D eigenvalue weighted by molar-refractivity contribution is -0.192. The van der Waals surface area contributed by atoms with Crippen LogP contribution in [0.1, 0.15) is 17.3 Å². The van der Waals surface area contributed by atoms with Gasteiger partial charge in [0.15, 0.2) is 0 Å². The maximum Gasteiger partial charge on any atom is 0.437 e. The predicted octanol–water partition coefficient (Wildman–Crippen LogP) is 3.13. The van der Waals surface area contributed by atoms with Crippen LogP contribution in [0.2, 0.25) is 5.02 Å². The van der Waals surface area contributed by atoms with E-state index in [4.69, 9.17) is 23.2 Å². The summed E-state index contributed by atoms with van der Waals surface area (Å²) in [5.74, 6) is -2.99. The van der Waals surface area contributed by atoms with E-state index >= 15 is 0 Å². The Balaban J connectivity index is 3.04. The zero-order valence-electron chi connectivity index (χ0n) is 10.6. The Morgan fingerprint density at radius 1 is 1.24 bits per heavy atom. The molecular formula is C12H10Cl2F3NO3. The fraction of sp³-hybridized carbons (Fsp3) is 0.333. The number of rotatable bonds is 4. The van der Waals surface area contributed by atoms with Crippen LogP contribution in [0.4, 0.5) is 13.2 Å². The van der Waals surface area contributed by atoms with Crippen LogP contribution in [0, 0.1) is 0 Å². The van der Waals surface area contributed by atoms with Crippen molar-refractivity contribution in [2.75, 3.05) is 6.61 Å². The number of halogens is 5. The van der Waals surface area contributed by atoms with E-state index in [1.807, 2.05) is 0 Å². The molecule has 0 saturated carbocycles. The molecule has 4 nitrogen and oxygen atoms in total. The van der Waals surface area contributed by atoms with Crippen LogP contribution < -0.4 is 5.32 Å². The van der Waals surface area contributed by atoms with Crippen molar-refractivity contribution in [1.29, 1.82) is 0 Å². The third kappa shape index (κ3) is 4.01. The highest BCUT2D eigenvalue weighted by Gasteiger charge is 2.62. The van der Waals surface area contributed by atoms with Crippen molar-refractivity contribution in [3.8, 4) is 0 Å². The summed E-state index contributed by atoms with van der Waals surface area (Å²) in [7, 11) is 0. The number of ether oxygens (including phenoxy) is 1. The van der Waals surface area contributed by atoms with Gasteiger partial charge in [0, 0.05) is 10.6 Å². The van der Waals surface area contributed by atoms with Gasteiger partial charge in [-0.05, 0) is 31.2 Å². The van der Waals surface area contributed by atoms with Crippen LogP contribution in [-0.2, 0) is 9.53 Å². The first-order valence-corrected chi connectivity index (χ1v) is 6.38. The topological polar surface area (TPSA) is 55.4 Å². The fourth-order valence-corrected chi connectivity index (χ4v) is 1.56. The molecular weight excluding hydrogens is 334 g/mol. The number of hydrogen-bond acceptors (Lipinski definition) is 3. The van der Waals surface area contributed by atoms with E-state index < -0.39 is 23.1 Å². The Morgan fingerprint density at radius 3 is 2.19 bits per heavy atom. The highest BCUT2D eigenvalue weighted by molar-refractivity contribution is 6.35. The first-order chi connectivity index (χ1) is 9.61. The molecule has 1 aromatic rings. The molecule has 0 radical (unpaired) electrons. The van der Waals surface area contributed by atoms with Crippen LogP contribution in [-0.4, -0.2) is 29.7 Å². The summed E-state index contributed by atoms with van der Waals surface area (Å²) in [5.41, 5.74) is -0.141. The van der Waals surface area contributed by atoms with Crippen LogP contribution in [0.3, 0.4) is 0 Å². The smallest absolute Gasteiger partial charge is 0.437 e. The largest absolute Gasteiger partial charge is 0.463 e. The Hall–Kier alpha value is -1.47. The van der Waals surface area contributed by atoms with Crippen molar-refractivity contribution in [3.63, 3.8) is 0 Å². The van der Waals surface area contributed by atoms with Gasteiger partial charge in [0.1, 0.15) is 0 Å². The average Bonchev–Trinajstić information content (AvgIpc) is 2.38. The third-order valence-corrected chi connectivity index (χ3v) is 3.05. The average molecular weight is 344 g/mol. The lowest BCUT2D eigenvalue weighted by Gasteiger charge is -2.28. The SMILES string of the molecule is CCOC(=O)C(Cl)(NC(=O)c1ccc(Cl)cc1)C(F)(F)F. The van der Waals surface area contributed by atoms with E-state index in [9.17, 15) is 22.8 Å². The summed E-state index contributed by atoms with van der Waals surface area (Å²) in [6.45, 7) is 0.993. The normalized spacial score (nSPS) is 14.2. The maximum atomic E-state index is 12.9. The lowest BCUT2D eigenvalue weighted by Crippen LogP contribution is -2.60. The standard InChI is InChI=1S/C12H10Cl2F3NO3/c1-2-21-10(20)11(14,12(15,16)17)18-9(19)7-3-5-8(13)6-4-7/h3-6H,2H2,1H3,(H,18,19). The van der Waals surface area contributed by atoms with Crippen molar-refractivity contribution >= 4 is 35.1 Å². The minimum atomic E-state index is -5.23. The van der Waals surface area contributed by atoms with Gasteiger partial charge in [-0.3, -0.25) is 4.79 Å². The second-order valence-electron chi connectivity index (χ2n) is 3.84. The molecule has 1 N–H and O–H groups in total. The molecule has 0 saturated heterocycles. The molecule has 0 aliphatic carbocycles. The second-order valence-corrected chi connectivity index (χ2v) is 4.84. The zero-order valence-corrected chi connectivity index (χ0v) is 12.1. The molecule has 1 aromatic carbocycles. The van der Waals surface area contributed by atoms with Gasteiger partial charge < -0.3 is 10.1 Å². The number of alkyl halides is 4. The minimum Gasteiger partial charge on any atom is -0.463 e. The summed E-state index contributed by atoms with van der Waals surface area (Å²) in [4.78, 5) is 19.6. The first kappa shape index (κ1) is 17.6. The highest BCUT2D eigenvalue weighted by atomic mass is 35.5. The van der Waals surface area contributed by atoms with E-state index in [-0.39, 0.29) is 12.2 Å². The monoisotopic (exact) mass is 343 g/mol. The van der Waals surface area contributed by atoms with Crippen molar-refractivity contribution in [2.45, 2.75) is 18.1 Å². The van der Waals surface area contributed by atoms with Gasteiger partial charge in [-0.25, -0.2) is 4.79 Å². The number of benzene rings is 1. The molecule has 116 valence electrons. The van der Waals surface area contributed by atoms with Crippen LogP contribution >= 0.6 is 23.2 Å². The van der Waals surface area contributed by atoms with Gasteiger partial charge in [-0.1, -0.05) is 23.2 Å². The summed E-state index contributed by atoms with van der Waals surface area (Å²) in [5, 5.41) is 1.73. The molecule has 0 bridgehead atoms. The van der Waals surface area contributed by atoms with Gasteiger partial charge in [-0.15, -0.1) is 0 Å². The van der Waals surface area contributed by atoms with Gasteiger partial charge in [-0.2, -0.15) is 13.2 Å². The zero-order chi connectivity index (χ0) is 16.3. The summed E-state index contributed by atoms with van der Waals surface area (Å²) in [6.07, 6.45) is -5.23. The Morgan fingerprint density at radius 2 is 1.76 bits per heavy atom. The Bertz CT molecular complexity index is 534. The molecule has 1 atom stereocenters. The quantitative estimate of drug-likeness (QED) is 0.519. The van der Waals surface area contributed by atoms with E-state index in [0.717, 1.165) is 0 Å². The van der Waals surface area contributed by atoms with Crippen LogP contribution in [0.25, 0.3) is 0 Å². The van der Waals surface area contributed by atoms with Crippen molar-refractivity contribution in [3.05, 3.63) is 34.9 Å². The molecule has 9 heteroatoms. The molecule has 21 heavy (non-hydrogen) atoms. The third-order valence-electron chi connectivity index (χ3n) is 2.34. The second kappa shape index (κ2) is 6.53. The molecule has 1 unspecified atom stereocenters. The van der Waals surface area contributed by atoms with Gasteiger partial charge in [0.2, 0.25) is 0 Å². The number of nitrogens with one attached hydrogen (secondary N) is 1. The summed E-state index contributed by atoms with van der Waals surface area (Å²) < 4.78 is 43.1. The summed E-state index contributed by atoms with van der Waals surface area (Å²) in [6, 6.07) is 5.00. The maximum absolute atomic E-state index is 12.9. The van der Waals surface area contributed by atoms with Gasteiger partial charge in [0.05, 0.1) is 6.61 Å². The molecule has 0 spiro atoms. The molecule has 1 amide bonds. The minimum absolute atomic E-state index is 0.141. The number of amides is 1. The number of esters is 1. The molecule has 0 fully saturated rings. The fourth-order valence-electron chi connectivity index (χ4n) is 1.30. The number of hydrogen-bond donors (Lipinski definition) is 1. The number of carbonyl (C=O) groups excluding carboxylic acids is 2. The van der Waals surface area contributed by atoms with Gasteiger partial charge in [0.25, 0.3) is 5.91 Å². The van der Waals surface area contributed by atoms with Crippen molar-refractivity contribution in [1.82, 2.24) is 5.32 Å². The predicted molar refractivity (Wildman–Crippen MR) is 70.2 cm³/mol. The first-order valence-electron chi connectivity index (χ1n) is 5.62. The van der Waals surface area contributed by atoms with E-state index in [2.05, 4.69) is 4.74 Å². The molecule has 0 aliphatic heterocycles. The molecule has 1 rings (SSSR count). The lowest BCUT2D eigenvalue weighted by atomic mass is 10.2. The van der Waals surface area contributed by atoms with Crippen LogP contribution in [0.5, 0.6) is 0 Å². The molecule has 0 heterocycles. The van der Waals surface area contributed by atoms with E-state index in [1.54, 1.807) is 0 Å². The number of carbonyl (C=O) groups is 2. The Kier molecular flexibility index (Phi) is 5.47. The molecule has 0 aromatic heterocycles. The Labute approximate surface area is 128 Å². The van der Waals surface area contributed by atoms with E-state index in [1.165, 1.54) is 36.5 Å². The van der Waals surface area contributed by atoms with Crippen molar-refractivity contribution < 1.29 is 27.5 Å². The summed E-state index contributed by atoms with van der Waals surface area (Å²) >= 11 is 10.9. The molecule has 0 aliphatic rings. The van der Waals surface area contributed by atoms with Crippen LogP contribution in [0.15, 0.2) is 24.3 Å². The van der Waals surface area contributed by atoms with E-state index in [0.29, 0.717) is 5.02 Å². The van der Waals surface area contributed by atoms with Gasteiger partial charge >= 0.3 is 17.1 Å². The highest BCUT2D eigenvalue weighted by Crippen LogP contribution is 2.35.